The lowest BCUT2D eigenvalue weighted by Crippen LogP contribution is -2.46. The highest BCUT2D eigenvalue weighted by atomic mass is 16.5. The number of esters is 2. The molecule has 0 radical (unpaired) electrons. The fourth-order valence-electron chi connectivity index (χ4n) is 6.57. The third kappa shape index (κ3) is 7.29. The van der Waals surface area contributed by atoms with E-state index in [0.717, 1.165) is 37.0 Å². The van der Waals surface area contributed by atoms with E-state index in [9.17, 15) is 9.59 Å². The Bertz CT molecular complexity index is 492. The van der Waals surface area contributed by atoms with Gasteiger partial charge in [0, 0.05) is 0 Å². The van der Waals surface area contributed by atoms with Crippen LogP contribution in [-0.4, -0.2) is 25.2 Å². The quantitative estimate of drug-likeness (QED) is 0.254. The van der Waals surface area contributed by atoms with Crippen LogP contribution in [0.1, 0.15) is 110 Å². The predicted octanol–water partition coefficient (Wildman–Crippen LogP) is 6.21. The fourth-order valence-corrected chi connectivity index (χ4v) is 6.57. The lowest BCUT2D eigenvalue weighted by molar-refractivity contribution is -0.151. The van der Waals surface area contributed by atoms with Crippen molar-refractivity contribution in [2.24, 2.45) is 23.2 Å². The zero-order valence-electron chi connectivity index (χ0n) is 18.6. The Balaban J connectivity index is 1.19. The number of carbonyl (C=O) groups is 2. The topological polar surface area (TPSA) is 52.6 Å². The van der Waals surface area contributed by atoms with Gasteiger partial charge in [-0.2, -0.15) is 0 Å². The summed E-state index contributed by atoms with van der Waals surface area (Å²) in [6.07, 6.45) is 18.1. The van der Waals surface area contributed by atoms with Crippen LogP contribution >= 0.6 is 0 Å². The van der Waals surface area contributed by atoms with Gasteiger partial charge in [-0.15, -0.1) is 0 Å². The highest BCUT2D eigenvalue weighted by Gasteiger charge is 2.50. The van der Waals surface area contributed by atoms with Gasteiger partial charge in [-0.05, 0) is 74.5 Å². The van der Waals surface area contributed by atoms with E-state index in [-0.39, 0.29) is 24.8 Å². The minimum Gasteiger partial charge on any atom is -0.466 e. The van der Waals surface area contributed by atoms with Crippen molar-refractivity contribution in [2.45, 2.75) is 110 Å². The molecule has 166 valence electrons. The molecule has 0 unspecified atom stereocenters. The predicted molar refractivity (Wildman–Crippen MR) is 114 cm³/mol. The molecule has 4 aliphatic rings. The van der Waals surface area contributed by atoms with Crippen LogP contribution < -0.4 is 0 Å². The van der Waals surface area contributed by atoms with Crippen molar-refractivity contribution in [1.29, 1.82) is 0 Å². The van der Waals surface area contributed by atoms with Crippen LogP contribution in [0.4, 0.5) is 0 Å². The maximum absolute atomic E-state index is 12.0. The van der Waals surface area contributed by atoms with E-state index in [1.54, 1.807) is 0 Å². The van der Waals surface area contributed by atoms with Gasteiger partial charge in [0.2, 0.25) is 0 Å². The Morgan fingerprint density at radius 1 is 0.724 bits per heavy atom. The maximum Gasteiger partial charge on any atom is 0.306 e. The molecule has 4 nitrogen and oxygen atoms in total. The van der Waals surface area contributed by atoms with E-state index in [4.69, 9.17) is 9.47 Å². The monoisotopic (exact) mass is 406 g/mol. The van der Waals surface area contributed by atoms with Gasteiger partial charge in [0.05, 0.1) is 26.1 Å². The van der Waals surface area contributed by atoms with Gasteiger partial charge < -0.3 is 9.47 Å². The Hall–Kier alpha value is -1.06. The molecular weight excluding hydrogens is 364 g/mol. The second kappa shape index (κ2) is 11.4. The fraction of sp³-hybridized carbons (Fsp3) is 0.920. The van der Waals surface area contributed by atoms with E-state index < -0.39 is 0 Å². The summed E-state index contributed by atoms with van der Waals surface area (Å²) in [7, 11) is 0. The van der Waals surface area contributed by atoms with E-state index in [1.165, 1.54) is 70.6 Å². The average molecular weight is 407 g/mol. The molecule has 4 bridgehead atoms. The molecule has 4 fully saturated rings. The first-order valence-corrected chi connectivity index (χ1v) is 12.4. The number of ether oxygens (including phenoxy) is 2. The van der Waals surface area contributed by atoms with Crippen LogP contribution in [0, 0.1) is 23.2 Å². The van der Waals surface area contributed by atoms with Crippen LogP contribution in [0.25, 0.3) is 0 Å². The van der Waals surface area contributed by atoms with E-state index >= 15 is 0 Å². The summed E-state index contributed by atoms with van der Waals surface area (Å²) in [5, 5.41) is 0. The first kappa shape index (κ1) is 22.6. The van der Waals surface area contributed by atoms with Crippen molar-refractivity contribution >= 4 is 11.9 Å². The third-order valence-corrected chi connectivity index (χ3v) is 7.60. The highest BCUT2D eigenvalue weighted by molar-refractivity contribution is 5.77. The lowest BCUT2D eigenvalue weighted by atomic mass is 9.49. The van der Waals surface area contributed by atoms with Gasteiger partial charge in [0.25, 0.3) is 0 Å². The largest absolute Gasteiger partial charge is 0.466 e. The molecule has 0 aromatic carbocycles. The van der Waals surface area contributed by atoms with Gasteiger partial charge in [0.1, 0.15) is 0 Å². The van der Waals surface area contributed by atoms with Crippen molar-refractivity contribution in [2.75, 3.05) is 13.2 Å². The molecule has 4 rings (SSSR count). The Kier molecular flexibility index (Phi) is 8.86. The molecule has 0 amide bonds. The molecule has 0 aromatic heterocycles. The van der Waals surface area contributed by atoms with Crippen molar-refractivity contribution in [3.05, 3.63) is 0 Å². The van der Waals surface area contributed by atoms with Crippen LogP contribution in [0.5, 0.6) is 0 Å². The molecule has 4 aliphatic carbocycles. The van der Waals surface area contributed by atoms with Gasteiger partial charge in [0.15, 0.2) is 0 Å². The summed E-state index contributed by atoms with van der Waals surface area (Å²) in [6.45, 7) is 3.23. The summed E-state index contributed by atoms with van der Waals surface area (Å²) >= 11 is 0. The lowest BCUT2D eigenvalue weighted by Gasteiger charge is -2.57. The molecule has 0 aliphatic heterocycles. The van der Waals surface area contributed by atoms with Crippen molar-refractivity contribution < 1.29 is 19.1 Å². The minimum absolute atomic E-state index is 0.146. The third-order valence-electron chi connectivity index (χ3n) is 7.60. The first-order valence-electron chi connectivity index (χ1n) is 12.4. The molecule has 29 heavy (non-hydrogen) atoms. The zero-order valence-corrected chi connectivity index (χ0v) is 18.6. The number of carbonyl (C=O) groups excluding carboxylic acids is 2. The van der Waals surface area contributed by atoms with Gasteiger partial charge in [-0.3, -0.25) is 9.59 Å². The molecule has 0 spiro atoms. The van der Waals surface area contributed by atoms with E-state index in [2.05, 4.69) is 6.92 Å². The van der Waals surface area contributed by atoms with Crippen LogP contribution in [0.3, 0.4) is 0 Å². The summed E-state index contributed by atoms with van der Waals surface area (Å²) in [5.41, 5.74) is 0.449. The highest BCUT2D eigenvalue weighted by Crippen LogP contribution is 2.61. The van der Waals surface area contributed by atoms with Crippen LogP contribution in [-0.2, 0) is 19.1 Å². The van der Waals surface area contributed by atoms with Gasteiger partial charge in [-0.25, -0.2) is 0 Å². The molecule has 0 heterocycles. The maximum atomic E-state index is 12.0. The summed E-state index contributed by atoms with van der Waals surface area (Å²) in [6, 6.07) is 0. The standard InChI is InChI=1S/C25H42O4/c1-2-3-4-5-6-7-8-12-28-23(26)9-10-24(27)29-13-11-25-17-20-14-21(18-25)16-22(15-20)19-25/h20-22H,2-19H2,1H3. The Labute approximate surface area is 177 Å². The Morgan fingerprint density at radius 2 is 1.21 bits per heavy atom. The number of hydrogen-bond donors (Lipinski definition) is 0. The number of rotatable bonds is 14. The van der Waals surface area contributed by atoms with E-state index in [0.29, 0.717) is 18.6 Å². The molecular formula is C25H42O4. The second-order valence-electron chi connectivity index (χ2n) is 10.2. The number of hydrogen-bond acceptors (Lipinski definition) is 4. The molecule has 0 aromatic rings. The van der Waals surface area contributed by atoms with Crippen molar-refractivity contribution in [3.63, 3.8) is 0 Å². The first-order chi connectivity index (χ1) is 14.1. The van der Waals surface area contributed by atoms with Crippen LogP contribution in [0.15, 0.2) is 0 Å². The molecule has 0 atom stereocenters. The van der Waals surface area contributed by atoms with Crippen molar-refractivity contribution in [1.82, 2.24) is 0 Å². The van der Waals surface area contributed by atoms with E-state index in [1.807, 2.05) is 0 Å². The van der Waals surface area contributed by atoms with Crippen molar-refractivity contribution in [3.8, 4) is 0 Å². The Morgan fingerprint density at radius 3 is 1.76 bits per heavy atom. The summed E-state index contributed by atoms with van der Waals surface area (Å²) < 4.78 is 10.7. The van der Waals surface area contributed by atoms with Gasteiger partial charge in [-0.1, -0.05) is 45.4 Å². The summed E-state index contributed by atoms with van der Waals surface area (Å²) in [5.74, 6) is 2.28. The second-order valence-corrected chi connectivity index (χ2v) is 10.2. The normalized spacial score (nSPS) is 29.8. The molecule has 0 N–H and O–H groups in total. The number of unbranched alkanes of at least 4 members (excludes halogenated alkanes) is 6. The molecule has 4 heteroatoms. The van der Waals surface area contributed by atoms with Gasteiger partial charge >= 0.3 is 11.9 Å². The smallest absolute Gasteiger partial charge is 0.306 e. The molecule has 4 saturated carbocycles. The zero-order chi connectivity index (χ0) is 20.5. The molecule has 0 saturated heterocycles. The summed E-state index contributed by atoms with van der Waals surface area (Å²) in [4.78, 5) is 23.8. The minimum atomic E-state index is -0.269. The SMILES string of the molecule is CCCCCCCCCOC(=O)CCC(=O)OCCC12CC3CC(CC(C3)C1)C2. The average Bonchev–Trinajstić information content (AvgIpc) is 2.67. The van der Waals surface area contributed by atoms with Crippen LogP contribution in [0.2, 0.25) is 0 Å².